The van der Waals surface area contributed by atoms with E-state index in [9.17, 15) is 0 Å². The monoisotopic (exact) mass is 204 g/mol. The first-order valence-corrected chi connectivity index (χ1v) is 5.06. The number of fused-ring (bicyclic) bond motifs is 1. The van der Waals surface area contributed by atoms with Crippen LogP contribution in [-0.4, -0.2) is 17.1 Å². The second-order valence-electron chi connectivity index (χ2n) is 2.84. The number of hydrogen-bond donors (Lipinski definition) is 0. The van der Waals surface area contributed by atoms with E-state index in [4.69, 9.17) is 4.74 Å². The van der Waals surface area contributed by atoms with E-state index in [-0.39, 0.29) is 0 Å². The van der Waals surface area contributed by atoms with Gasteiger partial charge in [-0.15, -0.1) is 0 Å². The fourth-order valence-electron chi connectivity index (χ4n) is 1.29. The molecule has 0 saturated carbocycles. The molecule has 0 saturated heterocycles. The van der Waals surface area contributed by atoms with Crippen molar-refractivity contribution in [3.63, 3.8) is 0 Å². The van der Waals surface area contributed by atoms with E-state index >= 15 is 0 Å². The first-order valence-electron chi connectivity index (χ1n) is 5.06. The van der Waals surface area contributed by atoms with Crippen LogP contribution in [0.3, 0.4) is 0 Å². The van der Waals surface area contributed by atoms with Gasteiger partial charge < -0.3 is 4.74 Å². The highest BCUT2D eigenvalue weighted by molar-refractivity contribution is 5.81. The molecule has 0 N–H and O–H groups in total. The van der Waals surface area contributed by atoms with Crippen LogP contribution in [0.4, 0.5) is 0 Å². The molecule has 2 aromatic rings. The fourth-order valence-corrected chi connectivity index (χ4v) is 1.29. The fraction of sp³-hybridized carbons (Fsp3) is 0.333. The maximum absolute atomic E-state index is 5.12. The molecule has 2 rings (SSSR count). The van der Waals surface area contributed by atoms with Gasteiger partial charge in [-0.3, -0.25) is 0 Å². The zero-order chi connectivity index (χ0) is 11.3. The lowest BCUT2D eigenvalue weighted by Crippen LogP contribution is -1.88. The van der Waals surface area contributed by atoms with Gasteiger partial charge in [-0.25, -0.2) is 9.97 Å². The van der Waals surface area contributed by atoms with Crippen LogP contribution < -0.4 is 4.74 Å². The van der Waals surface area contributed by atoms with Crippen LogP contribution in [0, 0.1) is 6.92 Å². The molecule has 1 heterocycles. The summed E-state index contributed by atoms with van der Waals surface area (Å²) in [5.41, 5.74) is 1.93. The zero-order valence-electron chi connectivity index (χ0n) is 9.61. The van der Waals surface area contributed by atoms with Gasteiger partial charge in [0.05, 0.1) is 12.6 Å². The molecule has 0 bridgehead atoms. The quantitative estimate of drug-likeness (QED) is 0.716. The van der Waals surface area contributed by atoms with Gasteiger partial charge in [0.25, 0.3) is 0 Å². The number of hydrogen-bond acceptors (Lipinski definition) is 3. The van der Waals surface area contributed by atoms with Gasteiger partial charge in [0.2, 0.25) is 0 Å². The average Bonchev–Trinajstić information content (AvgIpc) is 2.32. The van der Waals surface area contributed by atoms with Crippen molar-refractivity contribution in [3.05, 3.63) is 30.2 Å². The number of benzene rings is 1. The average molecular weight is 204 g/mol. The second kappa shape index (κ2) is 5.29. The Morgan fingerprint density at radius 2 is 1.87 bits per heavy atom. The van der Waals surface area contributed by atoms with E-state index in [1.807, 2.05) is 39.0 Å². The van der Waals surface area contributed by atoms with Crippen molar-refractivity contribution in [2.75, 3.05) is 7.11 Å². The van der Waals surface area contributed by atoms with E-state index in [0.717, 1.165) is 22.3 Å². The summed E-state index contributed by atoms with van der Waals surface area (Å²) in [6.45, 7) is 5.96. The molecule has 0 fully saturated rings. The first kappa shape index (κ1) is 11.4. The molecule has 0 amide bonds. The Morgan fingerprint density at radius 1 is 1.13 bits per heavy atom. The Morgan fingerprint density at radius 3 is 2.53 bits per heavy atom. The molecular weight excluding hydrogens is 188 g/mol. The molecule has 0 aliphatic carbocycles. The highest BCUT2D eigenvalue weighted by Gasteiger charge is 2.00. The molecule has 0 aliphatic heterocycles. The lowest BCUT2D eigenvalue weighted by Gasteiger charge is -2.02. The predicted octanol–water partition coefficient (Wildman–Crippen LogP) is 2.97. The third kappa shape index (κ3) is 2.43. The van der Waals surface area contributed by atoms with E-state index in [0.29, 0.717) is 0 Å². The number of rotatable bonds is 1. The number of aryl methyl sites for hydroxylation is 1. The standard InChI is InChI=1S/C10H10N2O.C2H6/c1-7-9-5-8(13-2)3-4-10(9)12-6-11-7;1-2/h3-6H,1-2H3;1-2H3. The topological polar surface area (TPSA) is 35.0 Å². The van der Waals surface area contributed by atoms with E-state index in [1.165, 1.54) is 0 Å². The van der Waals surface area contributed by atoms with Gasteiger partial charge in [0.1, 0.15) is 12.1 Å². The Balaban J connectivity index is 0.000000531. The summed E-state index contributed by atoms with van der Waals surface area (Å²) in [6.07, 6.45) is 1.57. The van der Waals surface area contributed by atoms with Crippen molar-refractivity contribution in [2.45, 2.75) is 20.8 Å². The summed E-state index contributed by atoms with van der Waals surface area (Å²) in [5, 5.41) is 1.04. The minimum absolute atomic E-state index is 0.838. The first-order chi connectivity index (χ1) is 7.31. The molecule has 1 aromatic carbocycles. The van der Waals surface area contributed by atoms with Crippen molar-refractivity contribution in [1.29, 1.82) is 0 Å². The number of methoxy groups -OCH3 is 1. The third-order valence-corrected chi connectivity index (χ3v) is 2.04. The molecule has 0 aliphatic rings. The van der Waals surface area contributed by atoms with Crippen molar-refractivity contribution >= 4 is 10.9 Å². The summed E-state index contributed by atoms with van der Waals surface area (Å²) >= 11 is 0. The minimum Gasteiger partial charge on any atom is -0.497 e. The molecule has 3 nitrogen and oxygen atoms in total. The summed E-state index contributed by atoms with van der Waals surface area (Å²) in [4.78, 5) is 8.27. The molecule has 0 atom stereocenters. The number of aromatic nitrogens is 2. The molecule has 0 spiro atoms. The van der Waals surface area contributed by atoms with Crippen molar-refractivity contribution in [2.24, 2.45) is 0 Å². The Hall–Kier alpha value is -1.64. The molecule has 15 heavy (non-hydrogen) atoms. The van der Waals surface area contributed by atoms with Crippen molar-refractivity contribution < 1.29 is 4.74 Å². The molecule has 0 radical (unpaired) electrons. The van der Waals surface area contributed by atoms with E-state index in [1.54, 1.807) is 13.4 Å². The van der Waals surface area contributed by atoms with Crippen LogP contribution in [0.2, 0.25) is 0 Å². The van der Waals surface area contributed by atoms with Gasteiger partial charge in [0.15, 0.2) is 0 Å². The summed E-state index contributed by atoms with van der Waals surface area (Å²) in [6, 6.07) is 5.78. The lowest BCUT2D eigenvalue weighted by molar-refractivity contribution is 0.415. The summed E-state index contributed by atoms with van der Waals surface area (Å²) in [5.74, 6) is 0.838. The van der Waals surface area contributed by atoms with E-state index < -0.39 is 0 Å². The third-order valence-electron chi connectivity index (χ3n) is 2.04. The SMILES string of the molecule is CC.COc1ccc2ncnc(C)c2c1. The van der Waals surface area contributed by atoms with Gasteiger partial charge in [-0.05, 0) is 25.1 Å². The van der Waals surface area contributed by atoms with Crippen LogP contribution in [0.5, 0.6) is 5.75 Å². The van der Waals surface area contributed by atoms with Crippen LogP contribution in [-0.2, 0) is 0 Å². The Labute approximate surface area is 90.1 Å². The van der Waals surface area contributed by atoms with Crippen LogP contribution in [0.15, 0.2) is 24.5 Å². The highest BCUT2D eigenvalue weighted by Crippen LogP contribution is 2.20. The zero-order valence-corrected chi connectivity index (χ0v) is 9.61. The molecule has 0 unspecified atom stereocenters. The predicted molar refractivity (Wildman–Crippen MR) is 62.2 cm³/mol. The Kier molecular flexibility index (Phi) is 4.03. The second-order valence-corrected chi connectivity index (χ2v) is 2.84. The molecular formula is C12H16N2O. The lowest BCUT2D eigenvalue weighted by atomic mass is 10.2. The maximum atomic E-state index is 5.12. The van der Waals surface area contributed by atoms with Gasteiger partial charge in [-0.1, -0.05) is 13.8 Å². The van der Waals surface area contributed by atoms with Crippen molar-refractivity contribution in [1.82, 2.24) is 9.97 Å². The Bertz CT molecular complexity index is 441. The maximum Gasteiger partial charge on any atom is 0.119 e. The van der Waals surface area contributed by atoms with Gasteiger partial charge in [0, 0.05) is 11.1 Å². The van der Waals surface area contributed by atoms with Crippen LogP contribution >= 0.6 is 0 Å². The summed E-state index contributed by atoms with van der Waals surface area (Å²) in [7, 11) is 1.65. The normalized spacial score (nSPS) is 9.33. The van der Waals surface area contributed by atoms with Gasteiger partial charge in [-0.2, -0.15) is 0 Å². The molecule has 3 heteroatoms. The minimum atomic E-state index is 0.838. The van der Waals surface area contributed by atoms with Crippen LogP contribution in [0.25, 0.3) is 10.9 Å². The van der Waals surface area contributed by atoms with Crippen molar-refractivity contribution in [3.8, 4) is 5.75 Å². The van der Waals surface area contributed by atoms with Gasteiger partial charge >= 0.3 is 0 Å². The van der Waals surface area contributed by atoms with Crippen LogP contribution in [0.1, 0.15) is 19.5 Å². The smallest absolute Gasteiger partial charge is 0.119 e. The highest BCUT2D eigenvalue weighted by atomic mass is 16.5. The molecule has 80 valence electrons. The van der Waals surface area contributed by atoms with E-state index in [2.05, 4.69) is 9.97 Å². The summed E-state index contributed by atoms with van der Waals surface area (Å²) < 4.78 is 5.12. The number of nitrogens with zero attached hydrogens (tertiary/aromatic N) is 2. The largest absolute Gasteiger partial charge is 0.497 e. The number of ether oxygens (including phenoxy) is 1. The molecule has 1 aromatic heterocycles.